The van der Waals surface area contributed by atoms with Crippen LogP contribution in [0, 0.1) is 0 Å². The van der Waals surface area contributed by atoms with Gasteiger partial charge in [0.05, 0.1) is 10.0 Å². The molecular weight excluding hydrogens is 524 g/mol. The van der Waals surface area contributed by atoms with Crippen molar-refractivity contribution in [3.8, 4) is 17.1 Å². The van der Waals surface area contributed by atoms with E-state index in [-0.39, 0.29) is 33.7 Å². The Labute approximate surface area is 213 Å². The third-order valence-electron chi connectivity index (χ3n) is 5.74. The monoisotopic (exact) mass is 542 g/mol. The van der Waals surface area contributed by atoms with Crippen molar-refractivity contribution in [1.29, 1.82) is 0 Å². The minimum atomic E-state index is -5.47. The molecule has 4 rings (SSSR count). The number of amides is 2. The lowest BCUT2D eigenvalue weighted by molar-refractivity contribution is -0.344. The van der Waals surface area contributed by atoms with E-state index in [1.807, 2.05) is 10.6 Å². The van der Waals surface area contributed by atoms with Gasteiger partial charge in [0.25, 0.3) is 0 Å². The van der Waals surface area contributed by atoms with Crippen LogP contribution in [-0.4, -0.2) is 34.6 Å². The molecule has 1 aromatic heterocycles. The highest BCUT2D eigenvalue weighted by atomic mass is 35.5. The van der Waals surface area contributed by atoms with Crippen LogP contribution in [0.15, 0.2) is 71.7 Å². The number of ether oxygens (including phenoxy) is 1. The molecule has 190 valence electrons. The summed E-state index contributed by atoms with van der Waals surface area (Å²) in [6, 6.07) is 8.36. The normalized spacial score (nSPS) is 24.1. The molecule has 4 N–H and O–H groups in total. The second kappa shape index (κ2) is 9.36. The molecule has 36 heavy (non-hydrogen) atoms. The van der Waals surface area contributed by atoms with Crippen LogP contribution in [0.1, 0.15) is 17.4 Å². The summed E-state index contributed by atoms with van der Waals surface area (Å²) in [6.07, 6.45) is -4.00. The Morgan fingerprint density at radius 2 is 1.81 bits per heavy atom. The Bertz CT molecular complexity index is 1300. The van der Waals surface area contributed by atoms with Gasteiger partial charge in [-0.1, -0.05) is 54.1 Å². The number of aliphatic hydroxyl groups is 2. The zero-order valence-electron chi connectivity index (χ0n) is 18.3. The average Bonchev–Trinajstić information content (AvgIpc) is 3.31. The van der Waals surface area contributed by atoms with Crippen molar-refractivity contribution in [2.75, 3.05) is 6.61 Å². The average molecular weight is 543 g/mol. The summed E-state index contributed by atoms with van der Waals surface area (Å²) in [4.78, 5) is 12.5. The number of halogens is 5. The standard InChI is InChI=1S/C24H19Cl2F3N2O5/c1-2-12-35-14-8-6-13(7-9-14)23(34)22(33,24(27,28)29)20(30-21(32)31-23)18-11-10-17(36-18)15-4-3-5-16(25)19(15)26/h2-11,20,33-34H,1,12H2,(H2,30,31,32)/t20-,22-,23-/m1/s1. The molecule has 0 unspecified atom stereocenters. The number of hydrogen-bond donors (Lipinski definition) is 4. The van der Waals surface area contributed by atoms with Crippen molar-refractivity contribution in [3.63, 3.8) is 0 Å². The number of rotatable bonds is 6. The van der Waals surface area contributed by atoms with Gasteiger partial charge in [-0.3, -0.25) is 0 Å². The van der Waals surface area contributed by atoms with E-state index in [2.05, 4.69) is 6.58 Å². The maximum absolute atomic E-state index is 14.5. The van der Waals surface area contributed by atoms with Crippen LogP contribution in [0.25, 0.3) is 11.3 Å². The summed E-state index contributed by atoms with van der Waals surface area (Å²) in [5.41, 5.74) is -7.46. The lowest BCUT2D eigenvalue weighted by Crippen LogP contribution is -2.77. The van der Waals surface area contributed by atoms with Crippen molar-refractivity contribution in [1.82, 2.24) is 10.6 Å². The van der Waals surface area contributed by atoms with Crippen LogP contribution in [0.2, 0.25) is 10.0 Å². The Kier molecular flexibility index (Phi) is 6.74. The number of furan rings is 1. The van der Waals surface area contributed by atoms with Crippen LogP contribution in [0.4, 0.5) is 18.0 Å². The van der Waals surface area contributed by atoms with Crippen molar-refractivity contribution in [2.24, 2.45) is 0 Å². The molecule has 7 nitrogen and oxygen atoms in total. The highest BCUT2D eigenvalue weighted by molar-refractivity contribution is 6.43. The van der Waals surface area contributed by atoms with Crippen molar-refractivity contribution < 1.29 is 37.3 Å². The smallest absolute Gasteiger partial charge is 0.424 e. The number of alkyl halides is 3. The molecule has 1 saturated heterocycles. The molecule has 3 atom stereocenters. The van der Waals surface area contributed by atoms with Crippen LogP contribution in [0.5, 0.6) is 5.75 Å². The van der Waals surface area contributed by atoms with E-state index >= 15 is 0 Å². The Hall–Kier alpha value is -3.18. The first-order valence-electron chi connectivity index (χ1n) is 10.4. The van der Waals surface area contributed by atoms with Gasteiger partial charge < -0.3 is 30.0 Å². The maximum atomic E-state index is 14.5. The van der Waals surface area contributed by atoms with Crippen molar-refractivity contribution >= 4 is 29.2 Å². The van der Waals surface area contributed by atoms with E-state index in [4.69, 9.17) is 32.4 Å². The molecule has 1 fully saturated rings. The second-order valence-corrected chi connectivity index (χ2v) is 8.72. The molecule has 1 aliphatic rings. The topological polar surface area (TPSA) is 104 Å². The molecule has 2 heterocycles. The molecule has 0 spiro atoms. The summed E-state index contributed by atoms with van der Waals surface area (Å²) in [5, 5.41) is 26.6. The number of carbonyl (C=O) groups is 1. The van der Waals surface area contributed by atoms with Gasteiger partial charge in [-0.05, 0) is 36.4 Å². The van der Waals surface area contributed by atoms with Crippen LogP contribution in [-0.2, 0) is 5.72 Å². The molecule has 0 saturated carbocycles. The molecule has 0 radical (unpaired) electrons. The summed E-state index contributed by atoms with van der Waals surface area (Å²) in [5.74, 6) is -0.189. The van der Waals surface area contributed by atoms with Crippen LogP contribution >= 0.6 is 23.2 Å². The third kappa shape index (κ3) is 4.20. The Balaban J connectivity index is 1.81. The minimum absolute atomic E-state index is 0.0297. The van der Waals surface area contributed by atoms with Gasteiger partial charge in [0.2, 0.25) is 11.3 Å². The zero-order valence-corrected chi connectivity index (χ0v) is 19.8. The highest BCUT2D eigenvalue weighted by Gasteiger charge is 2.74. The first kappa shape index (κ1) is 25.9. The predicted octanol–water partition coefficient (Wildman–Crippen LogP) is 5.31. The van der Waals surface area contributed by atoms with E-state index in [0.717, 1.165) is 18.2 Å². The van der Waals surface area contributed by atoms with Gasteiger partial charge >= 0.3 is 12.2 Å². The Morgan fingerprint density at radius 1 is 1.11 bits per heavy atom. The number of urea groups is 1. The number of nitrogens with one attached hydrogen (secondary N) is 2. The van der Waals surface area contributed by atoms with Gasteiger partial charge in [0.1, 0.15) is 29.9 Å². The molecule has 0 aliphatic carbocycles. The highest BCUT2D eigenvalue weighted by Crippen LogP contribution is 2.52. The van der Waals surface area contributed by atoms with E-state index in [1.54, 1.807) is 6.07 Å². The summed E-state index contributed by atoms with van der Waals surface area (Å²) in [7, 11) is 0. The van der Waals surface area contributed by atoms with Gasteiger partial charge in [-0.25, -0.2) is 4.79 Å². The number of benzene rings is 2. The van der Waals surface area contributed by atoms with Crippen molar-refractivity contribution in [2.45, 2.75) is 23.5 Å². The first-order valence-corrected chi connectivity index (χ1v) is 11.2. The fraction of sp³-hybridized carbons (Fsp3) is 0.208. The molecule has 2 aromatic carbocycles. The second-order valence-electron chi connectivity index (χ2n) is 7.93. The summed E-state index contributed by atoms with van der Waals surface area (Å²) >= 11 is 12.2. The van der Waals surface area contributed by atoms with Gasteiger partial charge in [0.15, 0.2) is 0 Å². The molecule has 2 amide bonds. The summed E-state index contributed by atoms with van der Waals surface area (Å²) in [6.45, 7) is 3.63. The SMILES string of the molecule is C=CCOc1ccc([C@]2(O)NC(=O)N[C@H](c3ccc(-c4cccc(Cl)c4Cl)o3)[C@]2(O)C(F)(F)F)cc1. The van der Waals surface area contributed by atoms with E-state index in [0.29, 0.717) is 0 Å². The number of hydrogen-bond acceptors (Lipinski definition) is 5. The zero-order chi connectivity index (χ0) is 26.3. The van der Waals surface area contributed by atoms with Gasteiger partial charge in [-0.15, -0.1) is 0 Å². The van der Waals surface area contributed by atoms with Crippen LogP contribution in [0.3, 0.4) is 0 Å². The lowest BCUT2D eigenvalue weighted by Gasteiger charge is -2.51. The van der Waals surface area contributed by atoms with E-state index in [9.17, 15) is 28.2 Å². The molecule has 0 bridgehead atoms. The van der Waals surface area contributed by atoms with E-state index in [1.165, 1.54) is 36.4 Å². The fourth-order valence-corrected chi connectivity index (χ4v) is 4.37. The molecule has 1 aliphatic heterocycles. The molecule has 3 aromatic rings. The van der Waals surface area contributed by atoms with E-state index < -0.39 is 40.9 Å². The Morgan fingerprint density at radius 3 is 2.44 bits per heavy atom. The predicted molar refractivity (Wildman–Crippen MR) is 126 cm³/mol. The minimum Gasteiger partial charge on any atom is -0.490 e. The summed E-state index contributed by atoms with van der Waals surface area (Å²) < 4.78 is 54.5. The van der Waals surface area contributed by atoms with Crippen molar-refractivity contribution in [3.05, 3.63) is 88.6 Å². The number of carbonyl (C=O) groups excluding carboxylic acids is 1. The largest absolute Gasteiger partial charge is 0.490 e. The van der Waals surface area contributed by atoms with Gasteiger partial charge in [0, 0.05) is 11.1 Å². The van der Waals surface area contributed by atoms with Gasteiger partial charge in [-0.2, -0.15) is 13.2 Å². The molecule has 12 heteroatoms. The van der Waals surface area contributed by atoms with Crippen LogP contribution < -0.4 is 15.4 Å². The fourth-order valence-electron chi connectivity index (χ4n) is 3.97. The lowest BCUT2D eigenvalue weighted by atomic mass is 9.75. The first-order chi connectivity index (χ1) is 16.9. The quantitative estimate of drug-likeness (QED) is 0.316. The third-order valence-corrected chi connectivity index (χ3v) is 6.56. The molecular formula is C24H19Cl2F3N2O5. The maximum Gasteiger partial charge on any atom is 0.424 e.